The lowest BCUT2D eigenvalue weighted by Crippen LogP contribution is -2.42. The molecule has 1 amide bonds. The Hall–Kier alpha value is -1.36. The van der Waals surface area contributed by atoms with Crippen molar-refractivity contribution in [3.8, 4) is 0 Å². The Morgan fingerprint density at radius 3 is 2.61 bits per heavy atom. The first-order chi connectivity index (χ1) is 8.23. The van der Waals surface area contributed by atoms with Crippen LogP contribution in [0.25, 0.3) is 0 Å². The summed E-state index contributed by atoms with van der Waals surface area (Å²) in [6.45, 7) is 10.1. The molecule has 0 spiro atoms. The summed E-state index contributed by atoms with van der Waals surface area (Å²) in [5.74, 6) is 0.886. The van der Waals surface area contributed by atoms with Gasteiger partial charge in [-0.15, -0.1) is 0 Å². The Bertz CT molecular complexity index is 415. The number of nitrogens with two attached hydrogens (primary N) is 1. The number of carbonyl (C=O) groups excluding carboxylic acids is 1. The second-order valence-corrected chi connectivity index (χ2v) is 5.65. The zero-order chi connectivity index (χ0) is 13.9. The van der Waals surface area contributed by atoms with E-state index in [2.05, 4.69) is 10.3 Å². The second-order valence-electron chi connectivity index (χ2n) is 5.65. The SMILES string of the molecule is CCc1nc(C(C)N)cn1CC(=O)NC(C)(C)C. The molecule has 0 saturated carbocycles. The Kier molecular flexibility index (Phi) is 4.51. The molecule has 5 heteroatoms. The highest BCUT2D eigenvalue weighted by Crippen LogP contribution is 2.11. The van der Waals surface area contributed by atoms with Gasteiger partial charge in [-0.25, -0.2) is 4.98 Å². The topological polar surface area (TPSA) is 72.9 Å². The predicted molar refractivity (Wildman–Crippen MR) is 72.1 cm³/mol. The summed E-state index contributed by atoms with van der Waals surface area (Å²) in [7, 11) is 0. The minimum Gasteiger partial charge on any atom is -0.350 e. The minimum atomic E-state index is -0.214. The molecule has 1 rings (SSSR count). The normalized spacial score (nSPS) is 13.4. The van der Waals surface area contributed by atoms with Crippen LogP contribution in [0, 0.1) is 0 Å². The average Bonchev–Trinajstić information content (AvgIpc) is 2.57. The fraction of sp³-hybridized carbons (Fsp3) is 0.692. The van der Waals surface area contributed by atoms with E-state index < -0.39 is 0 Å². The summed E-state index contributed by atoms with van der Waals surface area (Å²) in [5.41, 5.74) is 6.42. The predicted octanol–water partition coefficient (Wildman–Crippen LogP) is 1.38. The van der Waals surface area contributed by atoms with Gasteiger partial charge in [-0.05, 0) is 27.7 Å². The molecule has 102 valence electrons. The smallest absolute Gasteiger partial charge is 0.240 e. The van der Waals surface area contributed by atoms with Crippen LogP contribution in [0.3, 0.4) is 0 Å². The molecule has 1 aromatic rings. The number of aromatic nitrogens is 2. The summed E-state index contributed by atoms with van der Waals surface area (Å²) < 4.78 is 1.87. The highest BCUT2D eigenvalue weighted by molar-refractivity contribution is 5.76. The van der Waals surface area contributed by atoms with Crippen molar-refractivity contribution in [2.75, 3.05) is 0 Å². The molecule has 1 heterocycles. The van der Waals surface area contributed by atoms with Gasteiger partial charge >= 0.3 is 0 Å². The van der Waals surface area contributed by atoms with Gasteiger partial charge in [-0.3, -0.25) is 4.79 Å². The van der Waals surface area contributed by atoms with Gasteiger partial charge in [0.2, 0.25) is 5.91 Å². The summed E-state index contributed by atoms with van der Waals surface area (Å²) in [4.78, 5) is 16.3. The maximum absolute atomic E-state index is 11.9. The number of amides is 1. The van der Waals surface area contributed by atoms with Crippen molar-refractivity contribution >= 4 is 5.91 Å². The summed E-state index contributed by atoms with van der Waals surface area (Å²) >= 11 is 0. The molecule has 0 aliphatic rings. The lowest BCUT2D eigenvalue weighted by atomic mass is 10.1. The standard InChI is InChI=1S/C13H24N4O/c1-6-11-15-10(9(2)14)7-17(11)8-12(18)16-13(3,4)5/h7,9H,6,8,14H2,1-5H3,(H,16,18). The summed E-state index contributed by atoms with van der Waals surface area (Å²) in [5, 5.41) is 2.94. The molecule has 5 nitrogen and oxygen atoms in total. The van der Waals surface area contributed by atoms with Crippen molar-refractivity contribution in [2.24, 2.45) is 5.73 Å². The third-order valence-electron chi connectivity index (χ3n) is 2.49. The van der Waals surface area contributed by atoms with Crippen molar-refractivity contribution in [1.29, 1.82) is 0 Å². The Balaban J connectivity index is 2.80. The molecule has 0 bridgehead atoms. The zero-order valence-electron chi connectivity index (χ0n) is 11.9. The molecule has 1 aromatic heterocycles. The highest BCUT2D eigenvalue weighted by atomic mass is 16.2. The molecule has 0 saturated heterocycles. The number of hydrogen-bond donors (Lipinski definition) is 2. The van der Waals surface area contributed by atoms with Crippen LogP contribution in [0.15, 0.2) is 6.20 Å². The van der Waals surface area contributed by atoms with E-state index >= 15 is 0 Å². The van der Waals surface area contributed by atoms with Crippen LogP contribution in [0.2, 0.25) is 0 Å². The Morgan fingerprint density at radius 1 is 1.56 bits per heavy atom. The molecule has 1 atom stereocenters. The average molecular weight is 252 g/mol. The van der Waals surface area contributed by atoms with E-state index in [9.17, 15) is 4.79 Å². The van der Waals surface area contributed by atoms with E-state index in [0.717, 1.165) is 17.9 Å². The maximum Gasteiger partial charge on any atom is 0.240 e. The van der Waals surface area contributed by atoms with E-state index in [1.165, 1.54) is 0 Å². The fourth-order valence-electron chi connectivity index (χ4n) is 1.73. The molecular formula is C13H24N4O. The van der Waals surface area contributed by atoms with Crippen molar-refractivity contribution in [3.05, 3.63) is 17.7 Å². The zero-order valence-corrected chi connectivity index (χ0v) is 11.9. The molecule has 3 N–H and O–H groups in total. The molecule has 0 aromatic carbocycles. The Labute approximate surface area is 109 Å². The van der Waals surface area contributed by atoms with Crippen LogP contribution in [-0.2, 0) is 17.8 Å². The van der Waals surface area contributed by atoms with Crippen molar-refractivity contribution in [1.82, 2.24) is 14.9 Å². The number of nitrogens with zero attached hydrogens (tertiary/aromatic N) is 2. The van der Waals surface area contributed by atoms with Gasteiger partial charge in [-0.1, -0.05) is 6.92 Å². The van der Waals surface area contributed by atoms with Crippen LogP contribution in [-0.4, -0.2) is 21.0 Å². The number of nitrogens with one attached hydrogen (secondary N) is 1. The molecular weight excluding hydrogens is 228 g/mol. The first kappa shape index (κ1) is 14.7. The van der Waals surface area contributed by atoms with Gasteiger partial charge in [0.15, 0.2) is 0 Å². The summed E-state index contributed by atoms with van der Waals surface area (Å²) in [6, 6.07) is -0.109. The monoisotopic (exact) mass is 252 g/mol. The van der Waals surface area contributed by atoms with Crippen molar-refractivity contribution < 1.29 is 4.79 Å². The van der Waals surface area contributed by atoms with Gasteiger partial charge in [0.05, 0.1) is 5.69 Å². The third kappa shape index (κ3) is 4.14. The molecule has 0 radical (unpaired) electrons. The molecule has 1 unspecified atom stereocenters. The lowest BCUT2D eigenvalue weighted by Gasteiger charge is -2.20. The number of aryl methyl sites for hydroxylation is 1. The first-order valence-electron chi connectivity index (χ1n) is 6.35. The molecule has 0 aliphatic heterocycles. The lowest BCUT2D eigenvalue weighted by molar-refractivity contribution is -0.123. The Morgan fingerprint density at radius 2 is 2.17 bits per heavy atom. The van der Waals surface area contributed by atoms with Gasteiger partial charge < -0.3 is 15.6 Å². The van der Waals surface area contributed by atoms with Crippen LogP contribution >= 0.6 is 0 Å². The van der Waals surface area contributed by atoms with Crippen LogP contribution in [0.4, 0.5) is 0 Å². The second kappa shape index (κ2) is 5.52. The third-order valence-corrected chi connectivity index (χ3v) is 2.49. The molecule has 0 aliphatic carbocycles. The van der Waals surface area contributed by atoms with E-state index in [4.69, 9.17) is 5.73 Å². The van der Waals surface area contributed by atoms with Crippen molar-refractivity contribution in [2.45, 2.75) is 59.2 Å². The van der Waals surface area contributed by atoms with E-state index in [0.29, 0.717) is 6.54 Å². The van der Waals surface area contributed by atoms with E-state index in [1.54, 1.807) is 0 Å². The number of carbonyl (C=O) groups is 1. The number of imidazole rings is 1. The van der Waals surface area contributed by atoms with Gasteiger partial charge in [0, 0.05) is 24.2 Å². The first-order valence-corrected chi connectivity index (χ1v) is 6.35. The van der Waals surface area contributed by atoms with Crippen molar-refractivity contribution in [3.63, 3.8) is 0 Å². The quantitative estimate of drug-likeness (QED) is 0.850. The summed E-state index contributed by atoms with van der Waals surface area (Å²) in [6.07, 6.45) is 2.65. The van der Waals surface area contributed by atoms with E-state index in [1.807, 2.05) is 45.4 Å². The maximum atomic E-state index is 11.9. The number of rotatable bonds is 4. The molecule has 18 heavy (non-hydrogen) atoms. The van der Waals surface area contributed by atoms with Gasteiger partial charge in [0.25, 0.3) is 0 Å². The van der Waals surface area contributed by atoms with Gasteiger partial charge in [-0.2, -0.15) is 0 Å². The fourth-order valence-corrected chi connectivity index (χ4v) is 1.73. The number of hydrogen-bond acceptors (Lipinski definition) is 3. The highest BCUT2D eigenvalue weighted by Gasteiger charge is 2.16. The van der Waals surface area contributed by atoms with Crippen LogP contribution < -0.4 is 11.1 Å². The van der Waals surface area contributed by atoms with E-state index in [-0.39, 0.29) is 17.5 Å². The largest absolute Gasteiger partial charge is 0.350 e. The van der Waals surface area contributed by atoms with Crippen LogP contribution in [0.1, 0.15) is 52.2 Å². The van der Waals surface area contributed by atoms with Crippen LogP contribution in [0.5, 0.6) is 0 Å². The van der Waals surface area contributed by atoms with Gasteiger partial charge in [0.1, 0.15) is 12.4 Å². The molecule has 0 fully saturated rings. The minimum absolute atomic E-state index is 0.00850.